The number of benzene rings is 1. The molecule has 2 rings (SSSR count). The lowest BCUT2D eigenvalue weighted by Crippen LogP contribution is -2.02. The number of anilines is 1. The molecule has 0 saturated heterocycles. The maximum Gasteiger partial charge on any atom is 0.387 e. The Morgan fingerprint density at radius 2 is 2.06 bits per heavy atom. The fourth-order valence-corrected chi connectivity index (χ4v) is 1.66. The molecular weight excluding hydrogens is 248 g/mol. The van der Waals surface area contributed by atoms with E-state index < -0.39 is 6.61 Å². The van der Waals surface area contributed by atoms with Gasteiger partial charge in [0.2, 0.25) is 5.13 Å². The number of alkyl halides is 2. The number of rotatable bonds is 5. The van der Waals surface area contributed by atoms with Crippen LogP contribution in [0.4, 0.5) is 13.9 Å². The summed E-state index contributed by atoms with van der Waals surface area (Å²) < 4.78 is 28.1. The van der Waals surface area contributed by atoms with E-state index in [0.29, 0.717) is 6.54 Å². The third-order valence-electron chi connectivity index (χ3n) is 1.95. The lowest BCUT2D eigenvalue weighted by atomic mass is 10.2. The summed E-state index contributed by atoms with van der Waals surface area (Å²) in [5.41, 5.74) is 2.57. The Kier molecular flexibility index (Phi) is 3.81. The molecule has 0 amide bonds. The van der Waals surface area contributed by atoms with Gasteiger partial charge in [-0.25, -0.2) is 0 Å². The van der Waals surface area contributed by atoms with Crippen LogP contribution < -0.4 is 10.1 Å². The molecule has 0 unspecified atom stereocenters. The average molecular weight is 257 g/mol. The summed E-state index contributed by atoms with van der Waals surface area (Å²) in [6.07, 6.45) is 0. The van der Waals surface area contributed by atoms with Gasteiger partial charge in [0.1, 0.15) is 11.3 Å². The van der Waals surface area contributed by atoms with Gasteiger partial charge < -0.3 is 10.1 Å². The van der Waals surface area contributed by atoms with E-state index in [1.807, 2.05) is 0 Å². The second-order valence-electron chi connectivity index (χ2n) is 3.12. The molecule has 0 fully saturated rings. The second-order valence-corrected chi connectivity index (χ2v) is 3.95. The maximum atomic E-state index is 11.9. The van der Waals surface area contributed by atoms with E-state index in [1.54, 1.807) is 17.6 Å². The minimum atomic E-state index is -2.79. The smallest absolute Gasteiger partial charge is 0.387 e. The van der Waals surface area contributed by atoms with Gasteiger partial charge in [-0.1, -0.05) is 23.5 Å². The Hall–Kier alpha value is -1.76. The molecule has 0 saturated carbocycles. The molecule has 2 aromatic rings. The van der Waals surface area contributed by atoms with E-state index in [9.17, 15) is 8.78 Å². The summed E-state index contributed by atoms with van der Waals surface area (Å²) in [6, 6.07) is 6.43. The molecule has 1 heterocycles. The van der Waals surface area contributed by atoms with E-state index in [2.05, 4.69) is 20.3 Å². The van der Waals surface area contributed by atoms with Gasteiger partial charge in [0.15, 0.2) is 0 Å². The molecule has 0 aliphatic heterocycles. The molecule has 1 aromatic heterocycles. The number of nitrogens with zero attached hydrogens (tertiary/aromatic N) is 2. The highest BCUT2D eigenvalue weighted by atomic mass is 32.1. The van der Waals surface area contributed by atoms with Gasteiger partial charge in [-0.05, 0) is 17.7 Å². The van der Waals surface area contributed by atoms with Crippen LogP contribution in [0.15, 0.2) is 29.8 Å². The summed E-state index contributed by atoms with van der Waals surface area (Å²) >= 11 is 1.40. The number of aromatic nitrogens is 2. The zero-order chi connectivity index (χ0) is 12.1. The highest BCUT2D eigenvalue weighted by molar-refractivity contribution is 7.13. The molecule has 7 heteroatoms. The molecule has 4 nitrogen and oxygen atoms in total. The summed E-state index contributed by atoms with van der Waals surface area (Å²) in [5, 5.41) is 11.3. The second kappa shape index (κ2) is 5.53. The molecule has 17 heavy (non-hydrogen) atoms. The van der Waals surface area contributed by atoms with Crippen LogP contribution in [0.2, 0.25) is 0 Å². The number of halogens is 2. The van der Waals surface area contributed by atoms with Crippen LogP contribution in [0.1, 0.15) is 5.56 Å². The first-order valence-corrected chi connectivity index (χ1v) is 5.66. The molecule has 0 radical (unpaired) electrons. The zero-order valence-electron chi connectivity index (χ0n) is 8.64. The highest BCUT2D eigenvalue weighted by Crippen LogP contribution is 2.16. The number of ether oxygens (including phenoxy) is 1. The lowest BCUT2D eigenvalue weighted by molar-refractivity contribution is -0.0498. The van der Waals surface area contributed by atoms with Gasteiger partial charge >= 0.3 is 6.61 Å². The summed E-state index contributed by atoms with van der Waals surface area (Å²) in [6.45, 7) is -2.23. The van der Waals surface area contributed by atoms with E-state index in [1.165, 1.54) is 23.5 Å². The van der Waals surface area contributed by atoms with Crippen LogP contribution in [0, 0.1) is 0 Å². The SMILES string of the molecule is FC(F)Oc1ccc(CNc2nncs2)cc1. The molecule has 0 aliphatic carbocycles. The summed E-state index contributed by atoms with van der Waals surface area (Å²) in [7, 11) is 0. The Morgan fingerprint density at radius 3 is 2.65 bits per heavy atom. The number of hydrogen-bond acceptors (Lipinski definition) is 5. The largest absolute Gasteiger partial charge is 0.435 e. The molecule has 0 aliphatic rings. The monoisotopic (exact) mass is 257 g/mol. The van der Waals surface area contributed by atoms with Crippen LogP contribution in [0.5, 0.6) is 5.75 Å². The zero-order valence-corrected chi connectivity index (χ0v) is 9.45. The van der Waals surface area contributed by atoms with Crippen molar-refractivity contribution in [2.45, 2.75) is 13.2 Å². The predicted molar refractivity (Wildman–Crippen MR) is 60.3 cm³/mol. The van der Waals surface area contributed by atoms with Crippen molar-refractivity contribution in [2.75, 3.05) is 5.32 Å². The third-order valence-corrected chi connectivity index (χ3v) is 2.60. The van der Waals surface area contributed by atoms with Crippen molar-refractivity contribution < 1.29 is 13.5 Å². The van der Waals surface area contributed by atoms with Crippen LogP contribution in [0.3, 0.4) is 0 Å². The first-order chi connectivity index (χ1) is 8.24. The van der Waals surface area contributed by atoms with Crippen molar-refractivity contribution in [1.82, 2.24) is 10.2 Å². The van der Waals surface area contributed by atoms with Crippen molar-refractivity contribution in [3.05, 3.63) is 35.3 Å². The lowest BCUT2D eigenvalue weighted by Gasteiger charge is -2.06. The molecule has 0 spiro atoms. The number of nitrogens with one attached hydrogen (secondary N) is 1. The quantitative estimate of drug-likeness (QED) is 0.894. The van der Waals surface area contributed by atoms with Gasteiger partial charge in [-0.15, -0.1) is 10.2 Å². The Bertz CT molecular complexity index is 447. The van der Waals surface area contributed by atoms with Crippen molar-refractivity contribution in [3.8, 4) is 5.75 Å². The van der Waals surface area contributed by atoms with Crippen molar-refractivity contribution in [2.24, 2.45) is 0 Å². The predicted octanol–water partition coefficient (Wildman–Crippen LogP) is 2.75. The van der Waals surface area contributed by atoms with E-state index >= 15 is 0 Å². The van der Waals surface area contributed by atoms with Crippen molar-refractivity contribution >= 4 is 16.5 Å². The van der Waals surface area contributed by atoms with Crippen LogP contribution in [-0.2, 0) is 6.54 Å². The molecule has 0 atom stereocenters. The van der Waals surface area contributed by atoms with Gasteiger partial charge in [0.25, 0.3) is 0 Å². The molecular formula is C10H9F2N3OS. The van der Waals surface area contributed by atoms with Crippen molar-refractivity contribution in [3.63, 3.8) is 0 Å². The minimum absolute atomic E-state index is 0.152. The molecule has 1 aromatic carbocycles. The highest BCUT2D eigenvalue weighted by Gasteiger charge is 2.03. The van der Waals surface area contributed by atoms with E-state index in [-0.39, 0.29) is 5.75 Å². The van der Waals surface area contributed by atoms with Gasteiger partial charge in [0, 0.05) is 6.54 Å². The maximum absolute atomic E-state index is 11.9. The topological polar surface area (TPSA) is 47.0 Å². The van der Waals surface area contributed by atoms with Crippen LogP contribution >= 0.6 is 11.3 Å². The summed E-state index contributed by atoms with van der Waals surface area (Å²) in [4.78, 5) is 0. The first kappa shape index (κ1) is 11.7. The molecule has 1 N–H and O–H groups in total. The Labute approximate surface area is 100 Å². The van der Waals surface area contributed by atoms with Gasteiger partial charge in [-0.3, -0.25) is 0 Å². The van der Waals surface area contributed by atoms with Crippen LogP contribution in [0.25, 0.3) is 0 Å². The number of hydrogen-bond donors (Lipinski definition) is 1. The minimum Gasteiger partial charge on any atom is -0.435 e. The standard InChI is InChI=1S/C10H9F2N3OS/c11-9(12)16-8-3-1-7(2-4-8)5-13-10-15-14-6-17-10/h1-4,6,9H,5H2,(H,13,15). The van der Waals surface area contributed by atoms with Crippen molar-refractivity contribution in [1.29, 1.82) is 0 Å². The normalized spacial score (nSPS) is 10.5. The first-order valence-electron chi connectivity index (χ1n) is 4.78. The fourth-order valence-electron chi connectivity index (χ4n) is 1.22. The van der Waals surface area contributed by atoms with Crippen LogP contribution in [-0.4, -0.2) is 16.8 Å². The Morgan fingerprint density at radius 1 is 1.29 bits per heavy atom. The Balaban J connectivity index is 1.89. The fraction of sp³-hybridized carbons (Fsp3) is 0.200. The van der Waals surface area contributed by atoms with Gasteiger partial charge in [0.05, 0.1) is 0 Å². The molecule has 90 valence electrons. The molecule has 0 bridgehead atoms. The van der Waals surface area contributed by atoms with E-state index in [0.717, 1.165) is 10.7 Å². The van der Waals surface area contributed by atoms with Gasteiger partial charge in [-0.2, -0.15) is 8.78 Å². The third kappa shape index (κ3) is 3.63. The summed E-state index contributed by atoms with van der Waals surface area (Å²) in [5.74, 6) is 0.152. The average Bonchev–Trinajstić information content (AvgIpc) is 2.80. The van der Waals surface area contributed by atoms with E-state index in [4.69, 9.17) is 0 Å².